The lowest BCUT2D eigenvalue weighted by Crippen LogP contribution is -2.04. The molecule has 0 N–H and O–H groups in total. The van der Waals surface area contributed by atoms with Gasteiger partial charge in [0.2, 0.25) is 0 Å². The van der Waals surface area contributed by atoms with Gasteiger partial charge in [0.15, 0.2) is 0 Å². The Hall–Kier alpha value is -1.29. The number of rotatable bonds is 3. The molecule has 0 saturated carbocycles. The van der Waals surface area contributed by atoms with Gasteiger partial charge in [-0.1, -0.05) is 22.9 Å². The smallest absolute Gasteiger partial charge is 0.338 e. The van der Waals surface area contributed by atoms with E-state index in [1.165, 1.54) is 7.11 Å². The third kappa shape index (κ3) is 2.17. The van der Waals surface area contributed by atoms with Crippen LogP contribution in [0.25, 0.3) is 10.9 Å². The molecule has 0 radical (unpaired) electrons. The van der Waals surface area contributed by atoms with Crippen LogP contribution in [0.5, 0.6) is 0 Å². The Labute approximate surface area is 115 Å². The van der Waals surface area contributed by atoms with Crippen molar-refractivity contribution in [2.24, 2.45) is 0 Å². The molecule has 0 bridgehead atoms. The summed E-state index contributed by atoms with van der Waals surface area (Å²) in [4.78, 5) is 11.8. The Bertz CT molecular complexity index is 589. The van der Waals surface area contributed by atoms with Gasteiger partial charge in [0, 0.05) is 22.1 Å². The summed E-state index contributed by atoms with van der Waals surface area (Å²) >= 11 is 3.45. The van der Waals surface area contributed by atoms with Crippen molar-refractivity contribution in [3.63, 3.8) is 0 Å². The highest BCUT2D eigenvalue weighted by Gasteiger charge is 2.15. The number of carbonyl (C=O) groups excluding carboxylic acids is 1. The van der Waals surface area contributed by atoms with Crippen molar-refractivity contribution < 1.29 is 9.53 Å². The van der Waals surface area contributed by atoms with Crippen molar-refractivity contribution in [3.05, 3.63) is 34.4 Å². The quantitative estimate of drug-likeness (QED) is 0.797. The van der Waals surface area contributed by atoms with E-state index in [1.54, 1.807) is 6.07 Å². The molecule has 0 aliphatic rings. The average molecular weight is 310 g/mol. The molecular weight excluding hydrogens is 294 g/mol. The number of esters is 1. The molecule has 0 unspecified atom stereocenters. The first-order valence-electron chi connectivity index (χ1n) is 5.96. The number of nitrogens with zero attached hydrogens (tertiary/aromatic N) is 1. The monoisotopic (exact) mass is 309 g/mol. The van der Waals surface area contributed by atoms with Gasteiger partial charge in [0.05, 0.1) is 18.2 Å². The van der Waals surface area contributed by atoms with E-state index in [-0.39, 0.29) is 5.97 Å². The number of fused-ring (bicyclic) bond motifs is 1. The molecule has 4 heteroatoms. The van der Waals surface area contributed by atoms with E-state index in [9.17, 15) is 4.79 Å². The summed E-state index contributed by atoms with van der Waals surface area (Å²) in [5.41, 5.74) is 1.66. The predicted molar refractivity (Wildman–Crippen MR) is 76.0 cm³/mol. The number of aromatic nitrogens is 1. The van der Waals surface area contributed by atoms with E-state index in [1.807, 2.05) is 18.3 Å². The van der Waals surface area contributed by atoms with Crippen LogP contribution in [0.15, 0.2) is 28.9 Å². The highest BCUT2D eigenvalue weighted by atomic mass is 79.9. The lowest BCUT2D eigenvalue weighted by molar-refractivity contribution is 0.0603. The number of halogens is 1. The number of hydrogen-bond acceptors (Lipinski definition) is 2. The zero-order valence-corrected chi connectivity index (χ0v) is 12.3. The van der Waals surface area contributed by atoms with Crippen LogP contribution in [0.3, 0.4) is 0 Å². The highest BCUT2D eigenvalue weighted by Crippen LogP contribution is 2.28. The zero-order valence-electron chi connectivity index (χ0n) is 10.7. The molecule has 1 aromatic carbocycles. The average Bonchev–Trinajstić information content (AvgIpc) is 2.79. The van der Waals surface area contributed by atoms with Gasteiger partial charge in [-0.05, 0) is 31.5 Å². The Morgan fingerprint density at radius 2 is 2.22 bits per heavy atom. The molecule has 0 spiro atoms. The van der Waals surface area contributed by atoms with Crippen LogP contribution in [0, 0.1) is 0 Å². The van der Waals surface area contributed by atoms with Gasteiger partial charge in [0.1, 0.15) is 0 Å². The fourth-order valence-corrected chi connectivity index (χ4v) is 2.53. The molecule has 1 heterocycles. The van der Waals surface area contributed by atoms with E-state index in [0.29, 0.717) is 11.6 Å². The molecule has 1 aromatic heterocycles. The van der Waals surface area contributed by atoms with Gasteiger partial charge in [-0.2, -0.15) is 0 Å². The van der Waals surface area contributed by atoms with Crippen molar-refractivity contribution in [1.82, 2.24) is 4.57 Å². The number of carbonyl (C=O) groups is 1. The van der Waals surface area contributed by atoms with Crippen molar-refractivity contribution in [2.45, 2.75) is 26.3 Å². The third-order valence-electron chi connectivity index (χ3n) is 3.27. The Kier molecular flexibility index (Phi) is 3.76. The van der Waals surface area contributed by atoms with E-state index >= 15 is 0 Å². The lowest BCUT2D eigenvalue weighted by Gasteiger charge is -2.13. The lowest BCUT2D eigenvalue weighted by atomic mass is 10.1. The van der Waals surface area contributed by atoms with Gasteiger partial charge in [-0.3, -0.25) is 0 Å². The molecule has 2 aromatic rings. The molecule has 2 rings (SSSR count). The minimum atomic E-state index is -0.303. The molecule has 96 valence electrons. The maximum Gasteiger partial charge on any atom is 0.338 e. The summed E-state index contributed by atoms with van der Waals surface area (Å²) in [7, 11) is 1.40. The summed E-state index contributed by atoms with van der Waals surface area (Å²) in [6.07, 6.45) is 3.07. The zero-order chi connectivity index (χ0) is 13.3. The van der Waals surface area contributed by atoms with E-state index in [0.717, 1.165) is 21.8 Å². The normalized spacial score (nSPS) is 12.7. The molecule has 1 atom stereocenters. The SMILES string of the molecule is CC[C@@H](C)n1ccc2c(C(=O)OC)cc(Br)cc21. The maximum absolute atomic E-state index is 11.8. The summed E-state index contributed by atoms with van der Waals surface area (Å²) < 4.78 is 7.90. The molecule has 0 saturated heterocycles. The number of ether oxygens (including phenoxy) is 1. The van der Waals surface area contributed by atoms with Crippen LogP contribution < -0.4 is 0 Å². The molecule has 0 aliphatic carbocycles. The molecule has 18 heavy (non-hydrogen) atoms. The van der Waals surface area contributed by atoms with Crippen LogP contribution in [0.4, 0.5) is 0 Å². The summed E-state index contributed by atoms with van der Waals surface area (Å²) in [5.74, 6) is -0.303. The topological polar surface area (TPSA) is 31.2 Å². The molecular formula is C14H16BrNO2. The largest absolute Gasteiger partial charge is 0.465 e. The maximum atomic E-state index is 11.8. The Morgan fingerprint density at radius 1 is 1.50 bits per heavy atom. The second kappa shape index (κ2) is 5.14. The first-order chi connectivity index (χ1) is 8.58. The molecule has 0 fully saturated rings. The van der Waals surface area contributed by atoms with E-state index < -0.39 is 0 Å². The van der Waals surface area contributed by atoms with Crippen LogP contribution in [-0.4, -0.2) is 17.6 Å². The standard InChI is InChI=1S/C14H16BrNO2/c1-4-9(2)16-6-5-11-12(14(17)18-3)7-10(15)8-13(11)16/h5-9H,4H2,1-3H3/t9-/m1/s1. The number of hydrogen-bond donors (Lipinski definition) is 0. The number of benzene rings is 1. The Balaban J connectivity index is 2.68. The van der Waals surface area contributed by atoms with Crippen molar-refractivity contribution >= 4 is 32.8 Å². The summed E-state index contributed by atoms with van der Waals surface area (Å²) in [6.45, 7) is 4.31. The second-order valence-electron chi connectivity index (χ2n) is 4.36. The summed E-state index contributed by atoms with van der Waals surface area (Å²) in [6, 6.07) is 6.21. The first-order valence-corrected chi connectivity index (χ1v) is 6.76. The third-order valence-corrected chi connectivity index (χ3v) is 3.73. The minimum Gasteiger partial charge on any atom is -0.465 e. The van der Waals surface area contributed by atoms with E-state index in [4.69, 9.17) is 4.74 Å². The van der Waals surface area contributed by atoms with E-state index in [2.05, 4.69) is 34.3 Å². The van der Waals surface area contributed by atoms with Gasteiger partial charge >= 0.3 is 5.97 Å². The fourth-order valence-electron chi connectivity index (χ4n) is 2.09. The summed E-state index contributed by atoms with van der Waals surface area (Å²) in [5, 5.41) is 0.936. The first kappa shape index (κ1) is 13.1. The van der Waals surface area contributed by atoms with Crippen LogP contribution in [0.2, 0.25) is 0 Å². The predicted octanol–water partition coefficient (Wildman–Crippen LogP) is 4.16. The fraction of sp³-hybridized carbons (Fsp3) is 0.357. The van der Waals surface area contributed by atoms with Gasteiger partial charge in [-0.25, -0.2) is 4.79 Å². The van der Waals surface area contributed by atoms with Crippen LogP contribution >= 0.6 is 15.9 Å². The highest BCUT2D eigenvalue weighted by molar-refractivity contribution is 9.10. The molecule has 0 aliphatic heterocycles. The van der Waals surface area contributed by atoms with Gasteiger partial charge in [0.25, 0.3) is 0 Å². The van der Waals surface area contributed by atoms with Crippen molar-refractivity contribution in [2.75, 3.05) is 7.11 Å². The molecule has 0 amide bonds. The Morgan fingerprint density at radius 3 is 2.83 bits per heavy atom. The molecule has 3 nitrogen and oxygen atoms in total. The van der Waals surface area contributed by atoms with Gasteiger partial charge in [-0.15, -0.1) is 0 Å². The minimum absolute atomic E-state index is 0.303. The van der Waals surface area contributed by atoms with Crippen molar-refractivity contribution in [1.29, 1.82) is 0 Å². The van der Waals surface area contributed by atoms with Crippen molar-refractivity contribution in [3.8, 4) is 0 Å². The van der Waals surface area contributed by atoms with Gasteiger partial charge < -0.3 is 9.30 Å². The van der Waals surface area contributed by atoms with Crippen LogP contribution in [-0.2, 0) is 4.74 Å². The number of methoxy groups -OCH3 is 1. The van der Waals surface area contributed by atoms with Crippen LogP contribution in [0.1, 0.15) is 36.7 Å². The second-order valence-corrected chi connectivity index (χ2v) is 5.27.